The van der Waals surface area contributed by atoms with E-state index >= 15 is 0 Å². The first-order valence-corrected chi connectivity index (χ1v) is 10.2. The van der Waals surface area contributed by atoms with Gasteiger partial charge < -0.3 is 0 Å². The molecule has 0 bridgehead atoms. The lowest BCUT2D eigenvalue weighted by Crippen LogP contribution is -2.45. The van der Waals surface area contributed by atoms with Crippen LogP contribution in [-0.2, 0) is 13.1 Å². The lowest BCUT2D eigenvalue weighted by Gasteiger charge is -2.34. The van der Waals surface area contributed by atoms with E-state index in [1.165, 1.54) is 5.56 Å². The molecule has 0 radical (unpaired) electrons. The molecule has 1 fully saturated rings. The van der Waals surface area contributed by atoms with E-state index in [4.69, 9.17) is 4.98 Å². The summed E-state index contributed by atoms with van der Waals surface area (Å²) >= 11 is 1.69. The maximum absolute atomic E-state index is 10.9. The average molecular weight is 395 g/mol. The number of nitrogens with zero attached hydrogens (tertiary/aromatic N) is 4. The lowest BCUT2D eigenvalue weighted by atomic mass is 10.1. The lowest BCUT2D eigenvalue weighted by molar-refractivity contribution is -0.384. The van der Waals surface area contributed by atoms with E-state index in [9.17, 15) is 10.1 Å². The van der Waals surface area contributed by atoms with Gasteiger partial charge in [-0.05, 0) is 5.56 Å². The van der Waals surface area contributed by atoms with Gasteiger partial charge in [0.25, 0.3) is 5.69 Å². The summed E-state index contributed by atoms with van der Waals surface area (Å²) in [6.45, 7) is 5.50. The summed E-state index contributed by atoms with van der Waals surface area (Å²) in [5.74, 6) is 0. The second kappa shape index (κ2) is 8.60. The highest BCUT2D eigenvalue weighted by Gasteiger charge is 2.19. The van der Waals surface area contributed by atoms with E-state index < -0.39 is 0 Å². The van der Waals surface area contributed by atoms with Crippen molar-refractivity contribution in [3.05, 3.63) is 81.3 Å². The van der Waals surface area contributed by atoms with Gasteiger partial charge in [0.05, 0.1) is 10.6 Å². The maximum atomic E-state index is 10.9. The Kier molecular flexibility index (Phi) is 5.76. The molecule has 1 aliphatic rings. The predicted octanol–water partition coefficient (Wildman–Crippen LogP) is 4.04. The number of aromatic nitrogens is 1. The molecule has 0 saturated carbocycles. The minimum Gasteiger partial charge on any atom is -0.297 e. The molecule has 144 valence electrons. The van der Waals surface area contributed by atoms with Crippen LogP contribution in [-0.4, -0.2) is 45.9 Å². The molecule has 2 aromatic carbocycles. The van der Waals surface area contributed by atoms with Crippen molar-refractivity contribution in [3.8, 4) is 10.6 Å². The highest BCUT2D eigenvalue weighted by Crippen LogP contribution is 2.24. The first kappa shape index (κ1) is 18.7. The van der Waals surface area contributed by atoms with E-state index in [0.717, 1.165) is 55.5 Å². The average Bonchev–Trinajstić information content (AvgIpc) is 3.19. The van der Waals surface area contributed by atoms with Crippen molar-refractivity contribution >= 4 is 17.0 Å². The summed E-state index contributed by atoms with van der Waals surface area (Å²) in [5, 5.41) is 14.2. The Balaban J connectivity index is 1.29. The van der Waals surface area contributed by atoms with Gasteiger partial charge in [-0.1, -0.05) is 42.5 Å². The molecule has 1 aliphatic heterocycles. The largest absolute Gasteiger partial charge is 0.297 e. The molecular formula is C21H22N4O2S. The molecular weight excluding hydrogens is 372 g/mol. The Morgan fingerprint density at radius 3 is 2.39 bits per heavy atom. The van der Waals surface area contributed by atoms with Crippen LogP contribution < -0.4 is 0 Å². The Morgan fingerprint density at radius 2 is 1.68 bits per heavy atom. The van der Waals surface area contributed by atoms with Gasteiger partial charge in [-0.2, -0.15) is 0 Å². The number of hydrogen-bond acceptors (Lipinski definition) is 6. The van der Waals surface area contributed by atoms with Crippen molar-refractivity contribution in [2.45, 2.75) is 13.1 Å². The van der Waals surface area contributed by atoms with E-state index in [2.05, 4.69) is 27.3 Å². The molecule has 0 amide bonds. The fourth-order valence-electron chi connectivity index (χ4n) is 3.45. The maximum Gasteiger partial charge on any atom is 0.269 e. The van der Waals surface area contributed by atoms with Crippen LogP contribution in [0.2, 0.25) is 0 Å². The number of non-ortho nitro benzene ring substituents is 1. The standard InChI is InChI=1S/C21H22N4O2S/c26-25(27)20-8-4-5-17(13-20)14-23-9-11-24(12-10-23)15-19-16-28-21(22-19)18-6-2-1-3-7-18/h1-8,13,16H,9-12,14-15H2. The van der Waals surface area contributed by atoms with Gasteiger partial charge in [-0.3, -0.25) is 19.9 Å². The van der Waals surface area contributed by atoms with Crippen LogP contribution in [0.25, 0.3) is 10.6 Å². The molecule has 0 unspecified atom stereocenters. The van der Waals surface area contributed by atoms with Crippen LogP contribution >= 0.6 is 11.3 Å². The first-order valence-electron chi connectivity index (χ1n) is 9.35. The van der Waals surface area contributed by atoms with Crippen LogP contribution in [0.1, 0.15) is 11.3 Å². The quantitative estimate of drug-likeness (QED) is 0.466. The van der Waals surface area contributed by atoms with E-state index in [0.29, 0.717) is 0 Å². The predicted molar refractivity (Wildman–Crippen MR) is 111 cm³/mol. The van der Waals surface area contributed by atoms with E-state index in [-0.39, 0.29) is 10.6 Å². The number of rotatable bonds is 6. The Labute approximate surface area is 168 Å². The summed E-state index contributed by atoms with van der Waals surface area (Å²) in [4.78, 5) is 20.2. The molecule has 6 nitrogen and oxygen atoms in total. The van der Waals surface area contributed by atoms with Gasteiger partial charge in [0.15, 0.2) is 0 Å². The number of piperazine rings is 1. The summed E-state index contributed by atoms with van der Waals surface area (Å²) in [6.07, 6.45) is 0. The minimum atomic E-state index is -0.334. The minimum absolute atomic E-state index is 0.161. The Bertz CT molecular complexity index is 936. The molecule has 0 spiro atoms. The molecule has 4 rings (SSSR count). The molecule has 1 saturated heterocycles. The fourth-order valence-corrected chi connectivity index (χ4v) is 4.27. The SMILES string of the molecule is O=[N+]([O-])c1cccc(CN2CCN(Cc3csc(-c4ccccc4)n3)CC2)c1. The number of nitro benzene ring substituents is 1. The van der Waals surface area contributed by atoms with Gasteiger partial charge >= 0.3 is 0 Å². The number of thiazole rings is 1. The van der Waals surface area contributed by atoms with Crippen LogP contribution in [0.3, 0.4) is 0 Å². The third kappa shape index (κ3) is 4.62. The van der Waals surface area contributed by atoms with Crippen LogP contribution in [0.15, 0.2) is 60.0 Å². The molecule has 28 heavy (non-hydrogen) atoms. The smallest absolute Gasteiger partial charge is 0.269 e. The van der Waals surface area contributed by atoms with Crippen molar-refractivity contribution in [2.24, 2.45) is 0 Å². The Hall–Kier alpha value is -2.61. The summed E-state index contributed by atoms with van der Waals surface area (Å²) in [5.41, 5.74) is 3.44. The number of nitro groups is 1. The van der Waals surface area contributed by atoms with Crippen LogP contribution in [0.4, 0.5) is 5.69 Å². The van der Waals surface area contributed by atoms with E-state index in [1.807, 2.05) is 24.3 Å². The molecule has 1 aromatic heterocycles. The zero-order chi connectivity index (χ0) is 19.3. The summed E-state index contributed by atoms with van der Waals surface area (Å²) < 4.78 is 0. The van der Waals surface area contributed by atoms with Crippen molar-refractivity contribution in [1.82, 2.24) is 14.8 Å². The zero-order valence-electron chi connectivity index (χ0n) is 15.5. The molecule has 7 heteroatoms. The molecule has 0 atom stereocenters. The first-order chi connectivity index (χ1) is 13.7. The highest BCUT2D eigenvalue weighted by molar-refractivity contribution is 7.13. The summed E-state index contributed by atoms with van der Waals surface area (Å²) in [6, 6.07) is 17.2. The van der Waals surface area contributed by atoms with E-state index in [1.54, 1.807) is 29.5 Å². The van der Waals surface area contributed by atoms with Crippen molar-refractivity contribution in [2.75, 3.05) is 26.2 Å². The number of benzene rings is 2. The van der Waals surface area contributed by atoms with Crippen molar-refractivity contribution in [3.63, 3.8) is 0 Å². The van der Waals surface area contributed by atoms with Crippen molar-refractivity contribution < 1.29 is 4.92 Å². The molecule has 0 aliphatic carbocycles. The third-order valence-electron chi connectivity index (χ3n) is 4.95. The normalized spacial score (nSPS) is 15.6. The highest BCUT2D eigenvalue weighted by atomic mass is 32.1. The van der Waals surface area contributed by atoms with Gasteiger partial charge in [0.2, 0.25) is 0 Å². The molecule has 3 aromatic rings. The topological polar surface area (TPSA) is 62.5 Å². The van der Waals surface area contributed by atoms with Gasteiger partial charge in [0, 0.05) is 62.3 Å². The monoisotopic (exact) mass is 394 g/mol. The van der Waals surface area contributed by atoms with Gasteiger partial charge in [-0.25, -0.2) is 4.98 Å². The fraction of sp³-hybridized carbons (Fsp3) is 0.286. The van der Waals surface area contributed by atoms with Crippen LogP contribution in [0.5, 0.6) is 0 Å². The van der Waals surface area contributed by atoms with Crippen LogP contribution in [0, 0.1) is 10.1 Å². The van der Waals surface area contributed by atoms with Gasteiger partial charge in [0.1, 0.15) is 5.01 Å². The molecule has 2 heterocycles. The summed E-state index contributed by atoms with van der Waals surface area (Å²) in [7, 11) is 0. The third-order valence-corrected chi connectivity index (χ3v) is 5.89. The van der Waals surface area contributed by atoms with Gasteiger partial charge in [-0.15, -0.1) is 11.3 Å². The zero-order valence-corrected chi connectivity index (χ0v) is 16.3. The molecule has 0 N–H and O–H groups in total. The van der Waals surface area contributed by atoms with Crippen molar-refractivity contribution in [1.29, 1.82) is 0 Å². The second-order valence-corrected chi connectivity index (χ2v) is 7.85. The second-order valence-electron chi connectivity index (χ2n) is 6.99. The Morgan fingerprint density at radius 1 is 0.964 bits per heavy atom. The number of hydrogen-bond donors (Lipinski definition) is 0.